The van der Waals surface area contributed by atoms with Crippen LogP contribution in [0.25, 0.3) is 11.0 Å². The van der Waals surface area contributed by atoms with E-state index in [0.717, 1.165) is 0 Å². The molecule has 0 aliphatic rings. The third-order valence-corrected chi connectivity index (χ3v) is 5.79. The normalized spacial score (nSPS) is 11.8. The van der Waals surface area contributed by atoms with Crippen molar-refractivity contribution in [2.24, 2.45) is 7.05 Å². The lowest BCUT2D eigenvalue weighted by molar-refractivity contribution is 0.104. The third-order valence-electron chi connectivity index (χ3n) is 4.03. The molecule has 0 fully saturated rings. The van der Waals surface area contributed by atoms with Gasteiger partial charge in [-0.2, -0.15) is 0 Å². The largest absolute Gasteiger partial charge is 0.383 e. The van der Waals surface area contributed by atoms with Crippen molar-refractivity contribution in [1.82, 2.24) is 14.5 Å². The van der Waals surface area contributed by atoms with Crippen LogP contribution in [0, 0.1) is 0 Å². The highest BCUT2D eigenvalue weighted by Crippen LogP contribution is 2.26. The van der Waals surface area contributed by atoms with Crippen molar-refractivity contribution in [3.05, 3.63) is 47.9 Å². The highest BCUT2D eigenvalue weighted by Gasteiger charge is 2.20. The molecule has 3 rings (SSSR count). The minimum absolute atomic E-state index is 0.218. The van der Waals surface area contributed by atoms with E-state index < -0.39 is 15.3 Å². The van der Waals surface area contributed by atoms with Crippen LogP contribution in [0.3, 0.4) is 0 Å². The number of nitrogens with two attached hydrogens (primary N) is 1. The highest BCUT2D eigenvalue weighted by atomic mass is 32.2. The smallest absolute Gasteiger partial charge is 0.235 e. The lowest BCUT2D eigenvalue weighted by Gasteiger charge is -2.11. The molecule has 0 amide bonds. The SMILES string of the molecule is CC(C)S(=O)(=O)Nc1cccc(C(=O)c2cn(C)c3ncnc(N)c23)c1. The Bertz CT molecular complexity index is 1100. The van der Waals surface area contributed by atoms with Gasteiger partial charge in [0.2, 0.25) is 10.0 Å². The first-order chi connectivity index (χ1) is 12.2. The number of aryl methyl sites for hydroxylation is 1. The van der Waals surface area contributed by atoms with Crippen LogP contribution in [0.15, 0.2) is 36.8 Å². The minimum atomic E-state index is -3.50. The molecule has 2 aromatic heterocycles. The lowest BCUT2D eigenvalue weighted by Crippen LogP contribution is -2.22. The summed E-state index contributed by atoms with van der Waals surface area (Å²) in [6.45, 7) is 3.16. The number of nitrogens with one attached hydrogen (secondary N) is 1. The second kappa shape index (κ2) is 6.41. The van der Waals surface area contributed by atoms with Gasteiger partial charge in [-0.05, 0) is 26.0 Å². The zero-order chi connectivity index (χ0) is 19.1. The fraction of sp³-hybridized carbons (Fsp3) is 0.235. The molecule has 3 aromatic rings. The number of hydrogen-bond donors (Lipinski definition) is 2. The van der Waals surface area contributed by atoms with Gasteiger partial charge in [-0.15, -0.1) is 0 Å². The van der Waals surface area contributed by atoms with E-state index >= 15 is 0 Å². The van der Waals surface area contributed by atoms with Gasteiger partial charge in [-0.1, -0.05) is 12.1 Å². The molecule has 0 saturated carbocycles. The third kappa shape index (κ3) is 3.13. The van der Waals surface area contributed by atoms with Crippen LogP contribution < -0.4 is 10.5 Å². The van der Waals surface area contributed by atoms with Crippen molar-refractivity contribution >= 4 is 38.3 Å². The fourth-order valence-electron chi connectivity index (χ4n) is 2.57. The Morgan fingerprint density at radius 3 is 2.69 bits per heavy atom. The zero-order valence-electron chi connectivity index (χ0n) is 14.6. The van der Waals surface area contributed by atoms with Crippen LogP contribution in [0.1, 0.15) is 29.8 Å². The number of nitrogens with zero attached hydrogens (tertiary/aromatic N) is 3. The molecule has 1 aromatic carbocycles. The van der Waals surface area contributed by atoms with Gasteiger partial charge in [-0.3, -0.25) is 9.52 Å². The van der Waals surface area contributed by atoms with Crippen LogP contribution in [-0.2, 0) is 17.1 Å². The van der Waals surface area contributed by atoms with E-state index in [-0.39, 0.29) is 11.6 Å². The molecular formula is C17H19N5O3S. The Balaban J connectivity index is 2.04. The number of benzene rings is 1. The van der Waals surface area contributed by atoms with E-state index in [1.165, 1.54) is 12.4 Å². The van der Waals surface area contributed by atoms with E-state index in [4.69, 9.17) is 5.73 Å². The van der Waals surface area contributed by atoms with Gasteiger partial charge < -0.3 is 10.3 Å². The standard InChI is InChI=1S/C17H19N5O3S/c1-10(2)26(24,25)21-12-6-4-5-11(7-12)15(23)13-8-22(3)17-14(13)16(18)19-9-20-17/h4-10,21H,1-3H3,(H2,18,19,20). The van der Waals surface area contributed by atoms with E-state index in [1.54, 1.807) is 49.9 Å². The van der Waals surface area contributed by atoms with Crippen LogP contribution >= 0.6 is 0 Å². The number of anilines is 2. The summed E-state index contributed by atoms with van der Waals surface area (Å²) in [4.78, 5) is 21.1. The average molecular weight is 373 g/mol. The molecule has 136 valence electrons. The Kier molecular flexibility index (Phi) is 4.41. The van der Waals surface area contributed by atoms with Crippen LogP contribution in [0.5, 0.6) is 0 Å². The van der Waals surface area contributed by atoms with Crippen molar-refractivity contribution in [2.45, 2.75) is 19.1 Å². The van der Waals surface area contributed by atoms with E-state index in [1.807, 2.05) is 0 Å². The molecule has 0 aliphatic carbocycles. The van der Waals surface area contributed by atoms with Gasteiger partial charge >= 0.3 is 0 Å². The molecule has 0 atom stereocenters. The topological polar surface area (TPSA) is 120 Å². The Morgan fingerprint density at radius 2 is 2.00 bits per heavy atom. The van der Waals surface area contributed by atoms with Crippen molar-refractivity contribution in [3.63, 3.8) is 0 Å². The summed E-state index contributed by atoms with van der Waals surface area (Å²) < 4.78 is 28.3. The Labute approximate surface area is 151 Å². The second-order valence-corrected chi connectivity index (χ2v) is 8.45. The predicted octanol–water partition coefficient (Wildman–Crippen LogP) is 1.93. The van der Waals surface area contributed by atoms with Crippen LogP contribution in [-0.4, -0.2) is 34.0 Å². The molecule has 8 nitrogen and oxygen atoms in total. The number of carbonyl (C=O) groups excluding carboxylic acids is 1. The van der Waals surface area contributed by atoms with E-state index in [9.17, 15) is 13.2 Å². The summed E-state index contributed by atoms with van der Waals surface area (Å²) in [7, 11) is -1.74. The highest BCUT2D eigenvalue weighted by molar-refractivity contribution is 7.93. The number of sulfonamides is 1. The molecule has 2 heterocycles. The molecule has 0 saturated heterocycles. The number of carbonyl (C=O) groups is 1. The summed E-state index contributed by atoms with van der Waals surface area (Å²) in [6, 6.07) is 6.34. The van der Waals surface area contributed by atoms with E-state index in [2.05, 4.69) is 14.7 Å². The van der Waals surface area contributed by atoms with Gasteiger partial charge in [0, 0.05) is 24.5 Å². The van der Waals surface area contributed by atoms with Crippen molar-refractivity contribution in [2.75, 3.05) is 10.5 Å². The fourth-order valence-corrected chi connectivity index (χ4v) is 3.26. The first kappa shape index (κ1) is 17.9. The average Bonchev–Trinajstić information content (AvgIpc) is 2.92. The molecular weight excluding hydrogens is 354 g/mol. The Hall–Kier alpha value is -2.94. The summed E-state index contributed by atoms with van der Waals surface area (Å²) in [5.41, 5.74) is 7.51. The van der Waals surface area contributed by atoms with Gasteiger partial charge in [0.05, 0.1) is 16.2 Å². The number of ketones is 1. The number of rotatable bonds is 5. The number of nitrogen functional groups attached to an aromatic ring is 1. The molecule has 0 unspecified atom stereocenters. The molecule has 3 N–H and O–H groups in total. The predicted molar refractivity (Wildman–Crippen MR) is 100 cm³/mol. The molecule has 0 bridgehead atoms. The summed E-state index contributed by atoms with van der Waals surface area (Å²) >= 11 is 0. The quantitative estimate of drug-likeness (QED) is 0.659. The maximum atomic E-state index is 13.0. The Morgan fingerprint density at radius 1 is 1.27 bits per heavy atom. The number of hydrogen-bond acceptors (Lipinski definition) is 6. The van der Waals surface area contributed by atoms with Crippen LogP contribution in [0.4, 0.5) is 11.5 Å². The monoisotopic (exact) mass is 373 g/mol. The van der Waals surface area contributed by atoms with Gasteiger partial charge in [-0.25, -0.2) is 18.4 Å². The molecule has 26 heavy (non-hydrogen) atoms. The number of fused-ring (bicyclic) bond motifs is 1. The van der Waals surface area contributed by atoms with E-state index in [0.29, 0.717) is 27.8 Å². The van der Waals surface area contributed by atoms with Crippen molar-refractivity contribution < 1.29 is 13.2 Å². The summed E-state index contributed by atoms with van der Waals surface area (Å²) in [5.74, 6) is -0.0710. The molecule has 0 aliphatic heterocycles. The molecule has 0 radical (unpaired) electrons. The molecule has 0 spiro atoms. The molecule has 9 heteroatoms. The van der Waals surface area contributed by atoms with Crippen LogP contribution in [0.2, 0.25) is 0 Å². The van der Waals surface area contributed by atoms with Crippen molar-refractivity contribution in [3.8, 4) is 0 Å². The summed E-state index contributed by atoms with van der Waals surface area (Å²) in [6.07, 6.45) is 2.98. The van der Waals surface area contributed by atoms with Crippen molar-refractivity contribution in [1.29, 1.82) is 0 Å². The first-order valence-electron chi connectivity index (χ1n) is 7.92. The second-order valence-electron chi connectivity index (χ2n) is 6.22. The van der Waals surface area contributed by atoms with Gasteiger partial charge in [0.1, 0.15) is 17.8 Å². The number of aromatic nitrogens is 3. The minimum Gasteiger partial charge on any atom is -0.383 e. The first-order valence-corrected chi connectivity index (χ1v) is 9.47. The van der Waals surface area contributed by atoms with Gasteiger partial charge in [0.25, 0.3) is 0 Å². The van der Waals surface area contributed by atoms with Gasteiger partial charge in [0.15, 0.2) is 5.78 Å². The maximum absolute atomic E-state index is 13.0. The maximum Gasteiger partial charge on any atom is 0.235 e. The lowest BCUT2D eigenvalue weighted by atomic mass is 10.0. The summed E-state index contributed by atoms with van der Waals surface area (Å²) in [5, 5.41) is -0.106. The zero-order valence-corrected chi connectivity index (χ0v) is 15.4.